The van der Waals surface area contributed by atoms with Crippen LogP contribution in [-0.2, 0) is 38.9 Å². The summed E-state index contributed by atoms with van der Waals surface area (Å²) in [5.74, 6) is 0.900. The highest BCUT2D eigenvalue weighted by Gasteiger charge is 2.32. The number of nitriles is 1. The van der Waals surface area contributed by atoms with Gasteiger partial charge in [0, 0.05) is 37.7 Å². The first-order valence-corrected chi connectivity index (χ1v) is 13.0. The molecule has 0 radical (unpaired) electrons. The summed E-state index contributed by atoms with van der Waals surface area (Å²) in [4.78, 5) is 14.3. The molecule has 0 N–H and O–H groups in total. The molecule has 9 heteroatoms. The minimum absolute atomic E-state index is 0.210. The van der Waals surface area contributed by atoms with Crippen LogP contribution in [-0.4, -0.2) is 45.4 Å². The number of hydrogen-bond acceptors (Lipinski definition) is 7. The fourth-order valence-corrected chi connectivity index (χ4v) is 5.75. The summed E-state index contributed by atoms with van der Waals surface area (Å²) >= 11 is 6.67. The lowest BCUT2D eigenvalue weighted by atomic mass is 9.89. The number of halogens is 1. The smallest absolute Gasteiger partial charge is 0.318 e. The van der Waals surface area contributed by atoms with Crippen LogP contribution in [0.25, 0.3) is 0 Å². The second-order valence-corrected chi connectivity index (χ2v) is 9.96. The molecule has 2 aliphatic rings. The highest BCUT2D eigenvalue weighted by Crippen LogP contribution is 2.38. The molecule has 5 rings (SSSR count). The fourth-order valence-electron chi connectivity index (χ4n) is 5.49. The molecule has 1 aromatic carbocycles. The largest absolute Gasteiger partial charge is 0.467 e. The monoisotopic (exact) mass is 505 g/mol. The van der Waals surface area contributed by atoms with Crippen LogP contribution in [0.3, 0.4) is 0 Å². The van der Waals surface area contributed by atoms with Crippen molar-refractivity contribution in [1.29, 1.82) is 5.26 Å². The number of methoxy groups -OCH3 is 1. The van der Waals surface area contributed by atoms with Gasteiger partial charge in [-0.05, 0) is 31.0 Å². The summed E-state index contributed by atoms with van der Waals surface area (Å²) in [6, 6.07) is 11.6. The highest BCUT2D eigenvalue weighted by atomic mass is 35.5. The van der Waals surface area contributed by atoms with Crippen LogP contribution in [0.4, 0.5) is 5.82 Å². The van der Waals surface area contributed by atoms with Crippen molar-refractivity contribution in [2.24, 2.45) is 0 Å². The fraction of sp³-hybridized carbons (Fsp3) is 0.481. The molecule has 8 nitrogen and oxygen atoms in total. The number of fused-ring (bicyclic) bond motifs is 2. The van der Waals surface area contributed by atoms with E-state index in [4.69, 9.17) is 31.6 Å². The molecule has 4 heterocycles. The normalized spacial score (nSPS) is 17.8. The quantitative estimate of drug-likeness (QED) is 0.488. The Morgan fingerprint density at radius 3 is 2.81 bits per heavy atom. The second-order valence-electron chi connectivity index (χ2n) is 9.58. The molecule has 2 aliphatic heterocycles. The minimum atomic E-state index is 0.210. The van der Waals surface area contributed by atoms with Crippen molar-refractivity contribution in [3.8, 4) is 12.1 Å². The number of aryl methyl sites for hydroxylation is 2. The number of anilines is 1. The number of rotatable bonds is 6. The van der Waals surface area contributed by atoms with E-state index in [0.717, 1.165) is 68.1 Å². The van der Waals surface area contributed by atoms with Gasteiger partial charge in [0.2, 0.25) is 0 Å². The zero-order valence-electron chi connectivity index (χ0n) is 21.2. The van der Waals surface area contributed by atoms with Crippen LogP contribution >= 0.6 is 11.6 Å². The Hall–Kier alpha value is -3.15. The molecule has 1 unspecified atom stereocenters. The summed E-state index contributed by atoms with van der Waals surface area (Å²) in [7, 11) is 3.81. The minimum Gasteiger partial charge on any atom is -0.467 e. The third-order valence-corrected chi connectivity index (χ3v) is 7.67. The van der Waals surface area contributed by atoms with Gasteiger partial charge in [-0.2, -0.15) is 20.3 Å². The molecule has 1 atom stereocenters. The van der Waals surface area contributed by atoms with Gasteiger partial charge in [-0.3, -0.25) is 9.58 Å². The molecule has 0 aliphatic carbocycles. The van der Waals surface area contributed by atoms with Gasteiger partial charge in [-0.15, -0.1) is 0 Å². The number of aromatic nitrogens is 4. The van der Waals surface area contributed by atoms with Gasteiger partial charge in [0.05, 0.1) is 48.2 Å². The topological polar surface area (TPSA) is 83.1 Å². The predicted molar refractivity (Wildman–Crippen MR) is 139 cm³/mol. The van der Waals surface area contributed by atoms with Gasteiger partial charge in [0.25, 0.3) is 0 Å². The maximum Gasteiger partial charge on any atom is 0.318 e. The lowest BCUT2D eigenvalue weighted by Crippen LogP contribution is -2.35. The molecule has 0 amide bonds. The Balaban J connectivity index is 1.52. The van der Waals surface area contributed by atoms with Crippen LogP contribution < -0.4 is 9.64 Å². The number of benzene rings is 1. The molecule has 0 saturated carbocycles. The van der Waals surface area contributed by atoms with Crippen molar-refractivity contribution in [3.05, 3.63) is 63.1 Å². The standard InChI is InChI=1S/C27H32ClN7O/c1-4-8-18-9-5-6-10-19(18)23-15-22-20(16-33(23)2)26(31-27(30-22)36-3)34-13-7-14-35-24(17-34)25(28)21(32-35)11-12-29/h5-6,9-10,23H,4,7-8,11,13-17H2,1-3H3. The average Bonchev–Trinajstić information content (AvgIpc) is 3.04. The van der Waals surface area contributed by atoms with Crippen LogP contribution in [0, 0.1) is 11.3 Å². The van der Waals surface area contributed by atoms with Crippen LogP contribution in [0.2, 0.25) is 5.02 Å². The van der Waals surface area contributed by atoms with E-state index >= 15 is 0 Å². The third kappa shape index (κ3) is 4.54. The van der Waals surface area contributed by atoms with E-state index in [-0.39, 0.29) is 12.5 Å². The SMILES string of the molecule is CCCc1ccccc1C1Cc2nc(OC)nc(N3CCCn4nc(CC#N)c(Cl)c4C3)c2CN1C. The Morgan fingerprint density at radius 2 is 2.03 bits per heavy atom. The van der Waals surface area contributed by atoms with Crippen molar-refractivity contribution >= 4 is 17.4 Å². The molecule has 3 aromatic rings. The lowest BCUT2D eigenvalue weighted by Gasteiger charge is -2.37. The highest BCUT2D eigenvalue weighted by molar-refractivity contribution is 6.32. The van der Waals surface area contributed by atoms with E-state index in [1.165, 1.54) is 11.1 Å². The van der Waals surface area contributed by atoms with Gasteiger partial charge in [0.1, 0.15) is 5.82 Å². The first-order valence-electron chi connectivity index (χ1n) is 12.6. The molecule has 0 saturated heterocycles. The van der Waals surface area contributed by atoms with Crippen molar-refractivity contribution in [2.75, 3.05) is 25.6 Å². The van der Waals surface area contributed by atoms with Crippen LogP contribution in [0.15, 0.2) is 24.3 Å². The van der Waals surface area contributed by atoms with E-state index < -0.39 is 0 Å². The van der Waals surface area contributed by atoms with E-state index in [0.29, 0.717) is 23.3 Å². The van der Waals surface area contributed by atoms with Crippen LogP contribution in [0.5, 0.6) is 6.01 Å². The summed E-state index contributed by atoms with van der Waals surface area (Å²) in [5.41, 5.74) is 6.55. The van der Waals surface area contributed by atoms with Crippen LogP contribution in [0.1, 0.15) is 59.6 Å². The third-order valence-electron chi connectivity index (χ3n) is 7.24. The Kier molecular flexibility index (Phi) is 7.13. The first-order chi connectivity index (χ1) is 17.5. The van der Waals surface area contributed by atoms with Gasteiger partial charge in [-0.1, -0.05) is 49.2 Å². The number of likely N-dealkylation sites (N-methyl/N-ethyl adjacent to an activating group) is 1. The molecule has 2 aromatic heterocycles. The maximum atomic E-state index is 9.15. The Bertz CT molecular complexity index is 1300. The second kappa shape index (κ2) is 10.5. The van der Waals surface area contributed by atoms with E-state index in [1.54, 1.807) is 7.11 Å². The van der Waals surface area contributed by atoms with E-state index in [1.807, 2.05) is 4.68 Å². The molecule has 0 spiro atoms. The Morgan fingerprint density at radius 1 is 1.19 bits per heavy atom. The predicted octanol–water partition coefficient (Wildman–Crippen LogP) is 4.49. The lowest BCUT2D eigenvalue weighted by molar-refractivity contribution is 0.212. The van der Waals surface area contributed by atoms with Crippen molar-refractivity contribution < 1.29 is 4.74 Å². The van der Waals surface area contributed by atoms with Gasteiger partial charge in [0.15, 0.2) is 0 Å². The molecule has 188 valence electrons. The summed E-state index contributed by atoms with van der Waals surface area (Å²) in [6.07, 6.45) is 4.11. The number of ether oxygens (including phenoxy) is 1. The van der Waals surface area contributed by atoms with E-state index in [9.17, 15) is 0 Å². The van der Waals surface area contributed by atoms with Gasteiger partial charge < -0.3 is 9.64 Å². The van der Waals surface area contributed by atoms with Crippen molar-refractivity contribution in [3.63, 3.8) is 0 Å². The number of hydrogen-bond donors (Lipinski definition) is 0. The molecular weight excluding hydrogens is 474 g/mol. The van der Waals surface area contributed by atoms with Gasteiger partial charge in [-0.25, -0.2) is 0 Å². The molecule has 0 bridgehead atoms. The van der Waals surface area contributed by atoms with Gasteiger partial charge >= 0.3 is 6.01 Å². The average molecular weight is 506 g/mol. The molecule has 0 fully saturated rings. The van der Waals surface area contributed by atoms with Crippen molar-refractivity contribution in [1.82, 2.24) is 24.6 Å². The Labute approximate surface area is 217 Å². The zero-order chi connectivity index (χ0) is 25.2. The number of nitrogens with zero attached hydrogens (tertiary/aromatic N) is 7. The summed E-state index contributed by atoms with van der Waals surface area (Å²) in [5, 5.41) is 14.3. The van der Waals surface area contributed by atoms with Crippen molar-refractivity contribution in [2.45, 2.75) is 64.7 Å². The molecule has 36 heavy (non-hydrogen) atoms. The molecular formula is C27H32ClN7O. The zero-order valence-corrected chi connectivity index (χ0v) is 21.9. The van der Waals surface area contributed by atoms with E-state index in [2.05, 4.69) is 59.2 Å². The first kappa shape index (κ1) is 24.5. The maximum absolute atomic E-state index is 9.15. The summed E-state index contributed by atoms with van der Waals surface area (Å²) in [6.45, 7) is 5.15. The summed E-state index contributed by atoms with van der Waals surface area (Å²) < 4.78 is 7.51.